The largest absolute Gasteiger partial charge is 0.497 e. The standard InChI is InChI=1S/C26H27N3O8S/c1-35-18-8-11-20(12-9-18)38(33,34)29-15-17-6-4-5-7-22(17)28(16-23(29)25(30)27-32)26(31)21-13-10-19(36-2)14-24(21)37-3/h4-14,23,32H,15-16H2,1-3H3,(H,27,30). The highest BCUT2D eigenvalue weighted by Crippen LogP contribution is 2.34. The first-order chi connectivity index (χ1) is 18.2. The van der Waals surface area contributed by atoms with E-state index in [0.717, 1.165) is 4.31 Å². The molecule has 0 bridgehead atoms. The fourth-order valence-electron chi connectivity index (χ4n) is 4.28. The van der Waals surface area contributed by atoms with Gasteiger partial charge in [0, 0.05) is 18.3 Å². The molecule has 200 valence electrons. The average Bonchev–Trinajstić information content (AvgIpc) is 3.14. The van der Waals surface area contributed by atoms with Gasteiger partial charge in [-0.2, -0.15) is 4.31 Å². The maximum absolute atomic E-state index is 13.9. The molecule has 0 radical (unpaired) electrons. The first kappa shape index (κ1) is 26.9. The number of ether oxygens (including phenoxy) is 3. The molecule has 4 rings (SSSR count). The van der Waals surface area contributed by atoms with Gasteiger partial charge < -0.3 is 19.1 Å². The summed E-state index contributed by atoms with van der Waals surface area (Å²) in [5.74, 6) is -0.350. The summed E-state index contributed by atoms with van der Waals surface area (Å²) in [4.78, 5) is 28.0. The third-order valence-electron chi connectivity index (χ3n) is 6.27. The molecule has 1 aliphatic rings. The number of hydrogen-bond acceptors (Lipinski definition) is 8. The van der Waals surface area contributed by atoms with Gasteiger partial charge in [0.05, 0.1) is 38.3 Å². The van der Waals surface area contributed by atoms with Crippen LogP contribution >= 0.6 is 0 Å². The van der Waals surface area contributed by atoms with Crippen LogP contribution in [-0.4, -0.2) is 63.7 Å². The molecular weight excluding hydrogens is 514 g/mol. The number of nitrogens with one attached hydrogen (secondary N) is 1. The Labute approximate surface area is 220 Å². The van der Waals surface area contributed by atoms with Crippen molar-refractivity contribution in [3.63, 3.8) is 0 Å². The SMILES string of the molecule is COc1ccc(S(=O)(=O)N2Cc3ccccc3N(C(=O)c3ccc(OC)cc3OC)CC2C(=O)NO)cc1. The van der Waals surface area contributed by atoms with Crippen molar-refractivity contribution in [1.29, 1.82) is 0 Å². The second-order valence-corrected chi connectivity index (χ2v) is 10.2. The Kier molecular flexibility index (Phi) is 7.86. The Balaban J connectivity index is 1.83. The van der Waals surface area contributed by atoms with E-state index in [1.165, 1.54) is 56.6 Å². The molecule has 12 heteroatoms. The highest BCUT2D eigenvalue weighted by molar-refractivity contribution is 7.89. The zero-order chi connectivity index (χ0) is 27.4. The Morgan fingerprint density at radius 3 is 2.21 bits per heavy atom. The predicted octanol–water partition coefficient (Wildman–Crippen LogP) is 2.44. The van der Waals surface area contributed by atoms with E-state index in [1.807, 2.05) is 0 Å². The van der Waals surface area contributed by atoms with Crippen LogP contribution in [0.4, 0.5) is 5.69 Å². The summed E-state index contributed by atoms with van der Waals surface area (Å²) in [6, 6.07) is 15.7. The highest BCUT2D eigenvalue weighted by atomic mass is 32.2. The second kappa shape index (κ2) is 11.1. The van der Waals surface area contributed by atoms with Crippen LogP contribution < -0.4 is 24.6 Å². The Hall–Kier alpha value is -4.13. The number of carbonyl (C=O) groups is 2. The van der Waals surface area contributed by atoms with Crippen molar-refractivity contribution < 1.29 is 37.4 Å². The molecular formula is C26H27N3O8S. The molecule has 1 atom stereocenters. The number of hydroxylamine groups is 1. The number of benzene rings is 3. The smallest absolute Gasteiger partial charge is 0.263 e. The molecule has 0 aromatic heterocycles. The molecule has 3 aromatic carbocycles. The van der Waals surface area contributed by atoms with E-state index in [2.05, 4.69) is 0 Å². The number of para-hydroxylation sites is 1. The first-order valence-electron chi connectivity index (χ1n) is 11.5. The monoisotopic (exact) mass is 541 g/mol. The molecule has 2 amide bonds. The molecule has 3 aromatic rings. The molecule has 1 heterocycles. The van der Waals surface area contributed by atoms with Crippen molar-refractivity contribution in [1.82, 2.24) is 9.79 Å². The number of methoxy groups -OCH3 is 3. The molecule has 0 aliphatic carbocycles. The summed E-state index contributed by atoms with van der Waals surface area (Å²) < 4.78 is 44.3. The molecule has 0 saturated heterocycles. The first-order valence-corrected chi connectivity index (χ1v) is 12.9. The summed E-state index contributed by atoms with van der Waals surface area (Å²) in [6.45, 7) is -0.612. The number of carbonyl (C=O) groups excluding carboxylic acids is 2. The Morgan fingerprint density at radius 1 is 0.921 bits per heavy atom. The predicted molar refractivity (Wildman–Crippen MR) is 137 cm³/mol. The summed E-state index contributed by atoms with van der Waals surface area (Å²) in [7, 11) is 0.0855. The van der Waals surface area contributed by atoms with E-state index in [9.17, 15) is 23.2 Å². The quantitative estimate of drug-likeness (QED) is 0.344. The van der Waals surface area contributed by atoms with E-state index in [4.69, 9.17) is 14.2 Å². The van der Waals surface area contributed by atoms with E-state index in [0.29, 0.717) is 22.7 Å². The van der Waals surface area contributed by atoms with Gasteiger partial charge in [0.25, 0.3) is 11.8 Å². The molecule has 2 N–H and O–H groups in total. The van der Waals surface area contributed by atoms with Gasteiger partial charge in [-0.3, -0.25) is 14.8 Å². The fourth-order valence-corrected chi connectivity index (χ4v) is 5.84. The lowest BCUT2D eigenvalue weighted by atomic mass is 10.1. The fraction of sp³-hybridized carbons (Fsp3) is 0.231. The number of amides is 2. The lowest BCUT2D eigenvalue weighted by molar-refractivity contribution is -0.133. The van der Waals surface area contributed by atoms with Crippen molar-refractivity contribution in [2.75, 3.05) is 32.8 Å². The van der Waals surface area contributed by atoms with Crippen molar-refractivity contribution in [3.05, 3.63) is 77.9 Å². The van der Waals surface area contributed by atoms with Gasteiger partial charge in [-0.15, -0.1) is 0 Å². The zero-order valence-electron chi connectivity index (χ0n) is 21.0. The van der Waals surface area contributed by atoms with Crippen LogP contribution in [-0.2, 0) is 21.4 Å². The van der Waals surface area contributed by atoms with Gasteiger partial charge in [-0.25, -0.2) is 13.9 Å². The second-order valence-electron chi connectivity index (χ2n) is 8.33. The average molecular weight is 542 g/mol. The topological polar surface area (TPSA) is 135 Å². The van der Waals surface area contributed by atoms with Gasteiger partial charge >= 0.3 is 0 Å². The van der Waals surface area contributed by atoms with Gasteiger partial charge in [-0.05, 0) is 48.0 Å². The maximum Gasteiger partial charge on any atom is 0.263 e. The number of fused-ring (bicyclic) bond motifs is 1. The molecule has 38 heavy (non-hydrogen) atoms. The van der Waals surface area contributed by atoms with Crippen molar-refractivity contribution >= 4 is 27.5 Å². The van der Waals surface area contributed by atoms with E-state index in [1.54, 1.807) is 41.9 Å². The molecule has 0 saturated carbocycles. The summed E-state index contributed by atoms with van der Waals surface area (Å²) >= 11 is 0. The number of sulfonamides is 1. The highest BCUT2D eigenvalue weighted by Gasteiger charge is 2.42. The van der Waals surface area contributed by atoms with E-state index in [-0.39, 0.29) is 29.3 Å². The van der Waals surface area contributed by atoms with Crippen molar-refractivity contribution in [2.45, 2.75) is 17.5 Å². The number of nitrogens with zero attached hydrogens (tertiary/aromatic N) is 2. The van der Waals surface area contributed by atoms with Gasteiger partial charge in [0.15, 0.2) is 0 Å². The summed E-state index contributed by atoms with van der Waals surface area (Å²) in [6.07, 6.45) is 0. The normalized spacial score (nSPS) is 15.7. The van der Waals surface area contributed by atoms with Crippen LogP contribution in [0.3, 0.4) is 0 Å². The van der Waals surface area contributed by atoms with Crippen molar-refractivity contribution in [2.24, 2.45) is 0 Å². The Morgan fingerprint density at radius 2 is 1.58 bits per heavy atom. The number of rotatable bonds is 7. The molecule has 0 fully saturated rings. The summed E-state index contributed by atoms with van der Waals surface area (Å²) in [5.41, 5.74) is 2.63. The minimum Gasteiger partial charge on any atom is -0.497 e. The van der Waals surface area contributed by atoms with Crippen LogP contribution in [0.25, 0.3) is 0 Å². The molecule has 0 spiro atoms. The van der Waals surface area contributed by atoms with Gasteiger partial charge in [0.1, 0.15) is 23.3 Å². The maximum atomic E-state index is 13.9. The number of hydrogen-bond donors (Lipinski definition) is 2. The zero-order valence-corrected chi connectivity index (χ0v) is 21.8. The van der Waals surface area contributed by atoms with Crippen LogP contribution in [0.1, 0.15) is 15.9 Å². The third kappa shape index (κ3) is 5.01. The molecule has 1 unspecified atom stereocenters. The minimum atomic E-state index is -4.27. The molecule has 1 aliphatic heterocycles. The molecule has 11 nitrogen and oxygen atoms in total. The number of anilines is 1. The Bertz CT molecular complexity index is 1440. The lowest BCUT2D eigenvalue weighted by Crippen LogP contribution is -2.53. The van der Waals surface area contributed by atoms with E-state index >= 15 is 0 Å². The van der Waals surface area contributed by atoms with Gasteiger partial charge in [0.2, 0.25) is 10.0 Å². The van der Waals surface area contributed by atoms with Gasteiger partial charge in [-0.1, -0.05) is 18.2 Å². The third-order valence-corrected chi connectivity index (χ3v) is 8.14. The van der Waals surface area contributed by atoms with Crippen LogP contribution in [0, 0.1) is 0 Å². The van der Waals surface area contributed by atoms with Crippen LogP contribution in [0.2, 0.25) is 0 Å². The lowest BCUT2D eigenvalue weighted by Gasteiger charge is -2.30. The van der Waals surface area contributed by atoms with Crippen LogP contribution in [0.5, 0.6) is 17.2 Å². The summed E-state index contributed by atoms with van der Waals surface area (Å²) in [5, 5.41) is 9.53. The van der Waals surface area contributed by atoms with E-state index < -0.39 is 27.9 Å². The van der Waals surface area contributed by atoms with Crippen molar-refractivity contribution in [3.8, 4) is 17.2 Å². The van der Waals surface area contributed by atoms with Crippen LogP contribution in [0.15, 0.2) is 71.6 Å². The minimum absolute atomic E-state index is 0.0804.